The summed E-state index contributed by atoms with van der Waals surface area (Å²) in [5.41, 5.74) is -1.12. The Bertz CT molecular complexity index is 628. The summed E-state index contributed by atoms with van der Waals surface area (Å²) in [5, 5.41) is 11.0. The molecule has 1 fully saturated rings. The first-order valence-corrected chi connectivity index (χ1v) is 6.88. The number of aliphatic carboxylic acids is 1. The topological polar surface area (TPSA) is 104 Å². The number of carbonyl (C=O) groups excluding carboxylic acids is 3. The molecule has 1 aromatic carbocycles. The lowest BCUT2D eigenvalue weighted by Gasteiger charge is -2.39. The summed E-state index contributed by atoms with van der Waals surface area (Å²) in [6.07, 6.45) is 0.703. The quantitative estimate of drug-likeness (QED) is 0.786. The predicted octanol–water partition coefficient (Wildman–Crippen LogP) is 0.887. The van der Waals surface area contributed by atoms with Crippen LogP contribution < -0.4 is 5.32 Å². The molecule has 0 radical (unpaired) electrons. The van der Waals surface area contributed by atoms with Crippen LogP contribution in [-0.2, 0) is 19.8 Å². The van der Waals surface area contributed by atoms with E-state index < -0.39 is 35.8 Å². The van der Waals surface area contributed by atoms with Crippen LogP contribution in [0.25, 0.3) is 0 Å². The predicted molar refractivity (Wildman–Crippen MR) is 75.9 cm³/mol. The number of rotatable bonds is 5. The fourth-order valence-corrected chi connectivity index (χ4v) is 2.69. The van der Waals surface area contributed by atoms with E-state index in [4.69, 9.17) is 5.11 Å². The summed E-state index contributed by atoms with van der Waals surface area (Å²) < 4.78 is 0. The molecule has 1 atom stereocenters. The van der Waals surface area contributed by atoms with Crippen molar-refractivity contribution in [3.8, 4) is 0 Å². The van der Waals surface area contributed by atoms with Gasteiger partial charge in [-0.05, 0) is 12.0 Å². The average molecular weight is 304 g/mol. The molecule has 2 rings (SSSR count). The van der Waals surface area contributed by atoms with Crippen LogP contribution in [0.4, 0.5) is 4.79 Å². The van der Waals surface area contributed by atoms with Gasteiger partial charge in [0, 0.05) is 0 Å². The van der Waals surface area contributed by atoms with Crippen molar-refractivity contribution in [2.24, 2.45) is 0 Å². The second-order valence-electron chi connectivity index (χ2n) is 5.07. The second-order valence-corrected chi connectivity index (χ2v) is 5.07. The van der Waals surface area contributed by atoms with Crippen LogP contribution in [0.3, 0.4) is 0 Å². The molecule has 0 aliphatic carbocycles. The summed E-state index contributed by atoms with van der Waals surface area (Å²) in [6.45, 7) is 1.03. The van der Waals surface area contributed by atoms with Crippen LogP contribution >= 0.6 is 0 Å². The minimum atomic E-state index is -1.57. The van der Waals surface area contributed by atoms with Crippen molar-refractivity contribution >= 4 is 23.8 Å². The molecule has 1 aliphatic rings. The number of carboxylic acids is 1. The Balaban J connectivity index is 2.55. The SMILES string of the molecule is CCCC1(c2ccccc2)C(=O)NC(=O)N(CC(=O)O)C1=O. The first kappa shape index (κ1) is 15.7. The van der Waals surface area contributed by atoms with Crippen LogP contribution in [0.2, 0.25) is 0 Å². The van der Waals surface area contributed by atoms with Gasteiger partial charge < -0.3 is 5.11 Å². The van der Waals surface area contributed by atoms with Gasteiger partial charge in [0.15, 0.2) is 5.41 Å². The fraction of sp³-hybridized carbons (Fsp3) is 0.333. The van der Waals surface area contributed by atoms with Crippen molar-refractivity contribution in [1.29, 1.82) is 0 Å². The Morgan fingerprint density at radius 1 is 1.23 bits per heavy atom. The molecule has 0 bridgehead atoms. The largest absolute Gasteiger partial charge is 0.480 e. The molecule has 4 amide bonds. The number of imide groups is 2. The van der Waals surface area contributed by atoms with E-state index in [0.717, 1.165) is 0 Å². The van der Waals surface area contributed by atoms with Crippen LogP contribution in [-0.4, -0.2) is 40.4 Å². The zero-order chi connectivity index (χ0) is 16.3. The lowest BCUT2D eigenvalue weighted by atomic mass is 9.73. The van der Waals surface area contributed by atoms with Crippen LogP contribution in [0.1, 0.15) is 25.3 Å². The van der Waals surface area contributed by atoms with Crippen LogP contribution in [0.15, 0.2) is 30.3 Å². The minimum absolute atomic E-state index is 0.186. The standard InChI is InChI=1S/C15H16N2O5/c1-2-8-15(10-6-4-3-5-7-10)12(20)16-14(22)17(13(15)21)9-11(18)19/h3-7H,2,8-9H2,1H3,(H,18,19)(H,16,20,22). The average Bonchev–Trinajstić information content (AvgIpc) is 2.48. The van der Waals surface area contributed by atoms with E-state index in [1.165, 1.54) is 0 Å². The Labute approximate surface area is 126 Å². The second kappa shape index (κ2) is 5.97. The molecule has 22 heavy (non-hydrogen) atoms. The Kier molecular flexibility index (Phi) is 4.25. The molecular formula is C15H16N2O5. The summed E-state index contributed by atoms with van der Waals surface area (Å²) in [7, 11) is 0. The van der Waals surface area contributed by atoms with Gasteiger partial charge >= 0.3 is 12.0 Å². The lowest BCUT2D eigenvalue weighted by Crippen LogP contribution is -2.66. The molecule has 0 spiro atoms. The number of benzene rings is 1. The highest BCUT2D eigenvalue weighted by Crippen LogP contribution is 2.34. The van der Waals surface area contributed by atoms with Crippen molar-refractivity contribution in [1.82, 2.24) is 10.2 Å². The zero-order valence-electron chi connectivity index (χ0n) is 12.0. The van der Waals surface area contributed by atoms with Crippen LogP contribution in [0.5, 0.6) is 0 Å². The van der Waals surface area contributed by atoms with Crippen LogP contribution in [0, 0.1) is 0 Å². The van der Waals surface area contributed by atoms with Gasteiger partial charge in [-0.15, -0.1) is 0 Å². The summed E-state index contributed by atoms with van der Waals surface area (Å²) in [4.78, 5) is 48.5. The number of hydrogen-bond donors (Lipinski definition) is 2. The third-order valence-corrected chi connectivity index (χ3v) is 3.65. The number of carbonyl (C=O) groups is 4. The number of urea groups is 1. The number of carboxylic acid groups (broad SMARTS) is 1. The molecule has 7 nitrogen and oxygen atoms in total. The van der Waals surface area contributed by atoms with Gasteiger partial charge in [0.05, 0.1) is 0 Å². The summed E-state index contributed by atoms with van der Waals surface area (Å²) in [6, 6.07) is 7.37. The molecule has 1 aromatic rings. The Hall–Kier alpha value is -2.70. The fourth-order valence-electron chi connectivity index (χ4n) is 2.69. The first-order valence-electron chi connectivity index (χ1n) is 6.88. The van der Waals surface area contributed by atoms with Gasteiger partial charge in [-0.1, -0.05) is 43.7 Å². The van der Waals surface area contributed by atoms with Crippen molar-refractivity contribution in [2.45, 2.75) is 25.2 Å². The molecule has 116 valence electrons. The summed E-state index contributed by atoms with van der Waals surface area (Å²) >= 11 is 0. The molecule has 1 heterocycles. The Morgan fingerprint density at radius 3 is 2.41 bits per heavy atom. The maximum Gasteiger partial charge on any atom is 0.331 e. The first-order chi connectivity index (χ1) is 10.4. The van der Waals surface area contributed by atoms with Gasteiger partial charge in [0.25, 0.3) is 5.91 Å². The van der Waals surface area contributed by atoms with Gasteiger partial charge in [-0.3, -0.25) is 24.6 Å². The highest BCUT2D eigenvalue weighted by Gasteiger charge is 2.54. The highest BCUT2D eigenvalue weighted by molar-refractivity contribution is 6.23. The molecule has 0 saturated carbocycles. The molecule has 1 aliphatic heterocycles. The van der Waals surface area contributed by atoms with Crippen molar-refractivity contribution < 1.29 is 24.3 Å². The lowest BCUT2D eigenvalue weighted by molar-refractivity contribution is -0.151. The van der Waals surface area contributed by atoms with E-state index >= 15 is 0 Å². The molecular weight excluding hydrogens is 288 g/mol. The third-order valence-electron chi connectivity index (χ3n) is 3.65. The minimum Gasteiger partial charge on any atom is -0.480 e. The van der Waals surface area contributed by atoms with Crippen molar-refractivity contribution in [3.05, 3.63) is 35.9 Å². The molecule has 1 saturated heterocycles. The van der Waals surface area contributed by atoms with Gasteiger partial charge in [-0.25, -0.2) is 4.79 Å². The van der Waals surface area contributed by atoms with E-state index in [1.807, 2.05) is 6.92 Å². The van der Waals surface area contributed by atoms with Crippen molar-refractivity contribution in [3.63, 3.8) is 0 Å². The van der Waals surface area contributed by atoms with E-state index in [9.17, 15) is 19.2 Å². The molecule has 0 aromatic heterocycles. The van der Waals surface area contributed by atoms with Gasteiger partial charge in [-0.2, -0.15) is 0 Å². The number of hydrogen-bond acceptors (Lipinski definition) is 4. The van der Waals surface area contributed by atoms with E-state index in [2.05, 4.69) is 5.32 Å². The number of amides is 4. The van der Waals surface area contributed by atoms with Gasteiger partial charge in [0.1, 0.15) is 6.54 Å². The highest BCUT2D eigenvalue weighted by atomic mass is 16.4. The third kappa shape index (κ3) is 2.45. The Morgan fingerprint density at radius 2 is 1.86 bits per heavy atom. The normalized spacial score (nSPS) is 21.7. The molecule has 7 heteroatoms. The maximum atomic E-state index is 12.8. The smallest absolute Gasteiger partial charge is 0.331 e. The van der Waals surface area contributed by atoms with E-state index in [-0.39, 0.29) is 6.42 Å². The number of barbiturate groups is 1. The van der Waals surface area contributed by atoms with Gasteiger partial charge in [0.2, 0.25) is 5.91 Å². The van der Waals surface area contributed by atoms with E-state index in [1.54, 1.807) is 30.3 Å². The van der Waals surface area contributed by atoms with Crippen molar-refractivity contribution in [2.75, 3.05) is 6.54 Å². The van der Waals surface area contributed by atoms with E-state index in [0.29, 0.717) is 16.9 Å². The summed E-state index contributed by atoms with van der Waals surface area (Å²) in [5.74, 6) is -2.83. The zero-order valence-corrected chi connectivity index (χ0v) is 12.0. The molecule has 1 unspecified atom stereocenters. The monoisotopic (exact) mass is 304 g/mol. The number of nitrogens with one attached hydrogen (secondary N) is 1. The molecule has 2 N–H and O–H groups in total. The maximum absolute atomic E-state index is 12.8. The number of nitrogens with zero attached hydrogens (tertiary/aromatic N) is 1.